The highest BCUT2D eigenvalue weighted by atomic mass is 16.5. The third-order valence-corrected chi connectivity index (χ3v) is 6.29. The molecule has 0 atom stereocenters. The lowest BCUT2D eigenvalue weighted by molar-refractivity contribution is 0.414. The second-order valence-electron chi connectivity index (χ2n) is 8.51. The molecule has 2 heterocycles. The van der Waals surface area contributed by atoms with Gasteiger partial charge in [0.1, 0.15) is 5.75 Å². The lowest BCUT2D eigenvalue weighted by Crippen LogP contribution is -2.40. The van der Waals surface area contributed by atoms with Crippen molar-refractivity contribution in [2.45, 2.75) is 78.0 Å². The Kier molecular flexibility index (Phi) is 6.67. The van der Waals surface area contributed by atoms with E-state index in [2.05, 4.69) is 5.32 Å². The topological polar surface area (TPSA) is 83.1 Å². The summed E-state index contributed by atoms with van der Waals surface area (Å²) < 4.78 is 10.3. The van der Waals surface area contributed by atoms with Crippen LogP contribution in [0.15, 0.2) is 33.9 Å². The Hall–Kier alpha value is -3.03. The van der Waals surface area contributed by atoms with E-state index in [-0.39, 0.29) is 11.2 Å². The normalized spacial score (nSPS) is 14.7. The Morgan fingerprint density at radius 1 is 1.09 bits per heavy atom. The van der Waals surface area contributed by atoms with E-state index in [1.807, 2.05) is 42.7 Å². The molecular formula is C24H33N5O3. The fourth-order valence-corrected chi connectivity index (χ4v) is 4.64. The summed E-state index contributed by atoms with van der Waals surface area (Å²) in [6, 6.07) is 8.15. The maximum atomic E-state index is 13.4. The van der Waals surface area contributed by atoms with Gasteiger partial charge in [-0.3, -0.25) is 18.5 Å². The van der Waals surface area contributed by atoms with Gasteiger partial charge in [0, 0.05) is 19.1 Å². The number of methoxy groups -OCH3 is 1. The van der Waals surface area contributed by atoms with Crippen molar-refractivity contribution < 1.29 is 4.74 Å². The summed E-state index contributed by atoms with van der Waals surface area (Å²) in [5.74, 6) is 1.42. The molecule has 0 bridgehead atoms. The van der Waals surface area contributed by atoms with Crippen LogP contribution in [0.4, 0.5) is 5.95 Å². The Balaban J connectivity index is 1.92. The standard InChI is InChI=1S/C24H33N5O3/c1-4-14-28-21-20(22(30)27(5-2)24(28)31)29(16-17-10-9-13-19(15-17)32-3)23(26-21)25-18-11-7-6-8-12-18/h9-10,13,15,18H,4-8,11-12,14,16H2,1-3H3,(H,25,26). The lowest BCUT2D eigenvalue weighted by Gasteiger charge is -2.23. The highest BCUT2D eigenvalue weighted by Gasteiger charge is 2.23. The molecule has 3 aromatic rings. The Labute approximate surface area is 187 Å². The minimum atomic E-state index is -0.290. The SMILES string of the molecule is CCCn1c(=O)n(CC)c(=O)c2c1nc(NC1CCCCC1)n2Cc1cccc(OC)c1. The van der Waals surface area contributed by atoms with Crippen LogP contribution in [0.3, 0.4) is 0 Å². The first-order valence-corrected chi connectivity index (χ1v) is 11.7. The van der Waals surface area contributed by atoms with Crippen LogP contribution in [0, 0.1) is 0 Å². The van der Waals surface area contributed by atoms with E-state index in [1.54, 1.807) is 11.7 Å². The summed E-state index contributed by atoms with van der Waals surface area (Å²) in [6.45, 7) is 5.16. The first-order chi connectivity index (χ1) is 15.6. The van der Waals surface area contributed by atoms with E-state index >= 15 is 0 Å². The molecular weight excluding hydrogens is 406 g/mol. The summed E-state index contributed by atoms with van der Waals surface area (Å²) in [7, 11) is 1.64. The van der Waals surface area contributed by atoms with E-state index in [1.165, 1.54) is 23.8 Å². The highest BCUT2D eigenvalue weighted by Crippen LogP contribution is 2.25. The van der Waals surface area contributed by atoms with Crippen molar-refractivity contribution in [3.05, 3.63) is 50.7 Å². The zero-order valence-corrected chi connectivity index (χ0v) is 19.3. The number of hydrogen-bond acceptors (Lipinski definition) is 5. The molecule has 1 saturated carbocycles. The van der Waals surface area contributed by atoms with Crippen molar-refractivity contribution in [1.29, 1.82) is 0 Å². The van der Waals surface area contributed by atoms with Crippen molar-refractivity contribution in [3.63, 3.8) is 0 Å². The van der Waals surface area contributed by atoms with E-state index in [9.17, 15) is 9.59 Å². The van der Waals surface area contributed by atoms with Gasteiger partial charge < -0.3 is 10.1 Å². The predicted molar refractivity (Wildman–Crippen MR) is 127 cm³/mol. The van der Waals surface area contributed by atoms with Crippen LogP contribution in [0.25, 0.3) is 11.2 Å². The molecule has 0 aliphatic heterocycles. The van der Waals surface area contributed by atoms with E-state index in [0.29, 0.717) is 42.8 Å². The predicted octanol–water partition coefficient (Wildman–Crippen LogP) is 3.59. The van der Waals surface area contributed by atoms with Crippen molar-refractivity contribution in [3.8, 4) is 5.75 Å². The average Bonchev–Trinajstić information content (AvgIpc) is 3.15. The van der Waals surface area contributed by atoms with Crippen LogP contribution in [0.2, 0.25) is 0 Å². The van der Waals surface area contributed by atoms with E-state index in [0.717, 1.165) is 30.6 Å². The van der Waals surface area contributed by atoms with Gasteiger partial charge in [0.25, 0.3) is 5.56 Å². The number of ether oxygens (including phenoxy) is 1. The molecule has 0 radical (unpaired) electrons. The molecule has 8 nitrogen and oxygen atoms in total. The fraction of sp³-hybridized carbons (Fsp3) is 0.542. The molecule has 1 aliphatic carbocycles. The zero-order chi connectivity index (χ0) is 22.7. The van der Waals surface area contributed by atoms with Crippen molar-refractivity contribution >= 4 is 17.1 Å². The molecule has 1 fully saturated rings. The van der Waals surface area contributed by atoms with Crippen LogP contribution < -0.4 is 21.3 Å². The van der Waals surface area contributed by atoms with Crippen molar-refractivity contribution in [1.82, 2.24) is 18.7 Å². The Morgan fingerprint density at radius 3 is 2.56 bits per heavy atom. The first kappa shape index (κ1) is 22.2. The number of benzene rings is 1. The van der Waals surface area contributed by atoms with Gasteiger partial charge in [0.2, 0.25) is 5.95 Å². The number of rotatable bonds is 8. The van der Waals surface area contributed by atoms with Gasteiger partial charge in [-0.25, -0.2) is 4.79 Å². The summed E-state index contributed by atoms with van der Waals surface area (Å²) in [4.78, 5) is 31.3. The van der Waals surface area contributed by atoms with Gasteiger partial charge in [0.15, 0.2) is 11.2 Å². The van der Waals surface area contributed by atoms with Crippen LogP contribution >= 0.6 is 0 Å². The van der Waals surface area contributed by atoms with Crippen molar-refractivity contribution in [2.75, 3.05) is 12.4 Å². The van der Waals surface area contributed by atoms with Gasteiger partial charge in [-0.1, -0.05) is 38.3 Å². The molecule has 2 aromatic heterocycles. The summed E-state index contributed by atoms with van der Waals surface area (Å²) in [5.41, 5.74) is 1.37. The van der Waals surface area contributed by atoms with Gasteiger partial charge in [-0.15, -0.1) is 0 Å². The zero-order valence-electron chi connectivity index (χ0n) is 19.3. The molecule has 0 amide bonds. The average molecular weight is 440 g/mol. The largest absolute Gasteiger partial charge is 0.497 e. The van der Waals surface area contributed by atoms with Crippen LogP contribution in [0.5, 0.6) is 5.75 Å². The van der Waals surface area contributed by atoms with Gasteiger partial charge in [-0.2, -0.15) is 4.98 Å². The molecule has 8 heteroatoms. The number of nitrogens with zero attached hydrogens (tertiary/aromatic N) is 4. The number of aromatic nitrogens is 4. The molecule has 0 spiro atoms. The Bertz CT molecular complexity index is 1200. The molecule has 172 valence electrons. The third-order valence-electron chi connectivity index (χ3n) is 6.29. The molecule has 32 heavy (non-hydrogen) atoms. The fourth-order valence-electron chi connectivity index (χ4n) is 4.64. The maximum absolute atomic E-state index is 13.4. The van der Waals surface area contributed by atoms with Crippen LogP contribution in [0.1, 0.15) is 57.9 Å². The van der Waals surface area contributed by atoms with Gasteiger partial charge >= 0.3 is 5.69 Å². The number of imidazole rings is 1. The number of aryl methyl sites for hydroxylation is 1. The highest BCUT2D eigenvalue weighted by molar-refractivity contribution is 5.74. The summed E-state index contributed by atoms with van der Waals surface area (Å²) >= 11 is 0. The molecule has 1 aromatic carbocycles. The second kappa shape index (κ2) is 9.63. The monoisotopic (exact) mass is 439 g/mol. The summed E-state index contributed by atoms with van der Waals surface area (Å²) in [5, 5.41) is 3.60. The third kappa shape index (κ3) is 4.18. The number of fused-ring (bicyclic) bond motifs is 1. The maximum Gasteiger partial charge on any atom is 0.332 e. The van der Waals surface area contributed by atoms with Crippen LogP contribution in [-0.2, 0) is 19.6 Å². The number of hydrogen-bond donors (Lipinski definition) is 1. The molecule has 0 unspecified atom stereocenters. The molecule has 4 rings (SSSR count). The van der Waals surface area contributed by atoms with E-state index < -0.39 is 0 Å². The second-order valence-corrected chi connectivity index (χ2v) is 8.51. The van der Waals surface area contributed by atoms with Crippen LogP contribution in [-0.4, -0.2) is 31.8 Å². The quantitative estimate of drug-likeness (QED) is 0.580. The molecule has 0 saturated heterocycles. The minimum Gasteiger partial charge on any atom is -0.497 e. The van der Waals surface area contributed by atoms with Gasteiger partial charge in [-0.05, 0) is 43.9 Å². The Morgan fingerprint density at radius 2 is 1.88 bits per heavy atom. The number of anilines is 1. The molecule has 1 aliphatic rings. The molecule has 1 N–H and O–H groups in total. The number of nitrogens with one attached hydrogen (secondary N) is 1. The van der Waals surface area contributed by atoms with Gasteiger partial charge in [0.05, 0.1) is 13.7 Å². The van der Waals surface area contributed by atoms with E-state index in [4.69, 9.17) is 9.72 Å². The first-order valence-electron chi connectivity index (χ1n) is 11.7. The lowest BCUT2D eigenvalue weighted by atomic mass is 9.96. The van der Waals surface area contributed by atoms with Crippen molar-refractivity contribution in [2.24, 2.45) is 0 Å². The smallest absolute Gasteiger partial charge is 0.332 e. The minimum absolute atomic E-state index is 0.285. The summed E-state index contributed by atoms with van der Waals surface area (Å²) in [6.07, 6.45) is 6.60.